The highest BCUT2D eigenvalue weighted by Crippen LogP contribution is 2.26. The molecule has 2 N–H and O–H groups in total. The molecule has 1 aromatic carbocycles. The van der Waals surface area contributed by atoms with Crippen molar-refractivity contribution in [3.8, 4) is 5.75 Å². The molecule has 0 fully saturated rings. The Kier molecular flexibility index (Phi) is 3.51. The summed E-state index contributed by atoms with van der Waals surface area (Å²) in [5, 5.41) is 3.54. The summed E-state index contributed by atoms with van der Waals surface area (Å²) in [6.45, 7) is 3.83. The van der Waals surface area contributed by atoms with Gasteiger partial charge >= 0.3 is 0 Å². The molecule has 1 aliphatic rings. The molecule has 100 valence electrons. The number of benzene rings is 1. The highest BCUT2D eigenvalue weighted by molar-refractivity contribution is 5.39. The average Bonchev–Trinajstić information content (AvgIpc) is 3.10. The zero-order chi connectivity index (χ0) is 13.1. The minimum absolute atomic E-state index is 0.277. The number of ether oxygens (including phenoxy) is 1. The van der Waals surface area contributed by atoms with Gasteiger partial charge in [0.15, 0.2) is 0 Å². The van der Waals surface area contributed by atoms with Crippen molar-refractivity contribution >= 4 is 0 Å². The average molecular weight is 257 g/mol. The third kappa shape index (κ3) is 2.63. The number of aromatic amines is 1. The second-order valence-electron chi connectivity index (χ2n) is 4.86. The van der Waals surface area contributed by atoms with Gasteiger partial charge in [-0.05, 0) is 23.6 Å². The number of hydrogen-bond donors (Lipinski definition) is 2. The Morgan fingerprint density at radius 2 is 2.42 bits per heavy atom. The molecule has 4 heteroatoms. The van der Waals surface area contributed by atoms with Crippen molar-refractivity contribution in [1.82, 2.24) is 15.3 Å². The third-order valence-electron chi connectivity index (χ3n) is 3.56. The summed E-state index contributed by atoms with van der Waals surface area (Å²) in [6.07, 6.45) is 5.71. The van der Waals surface area contributed by atoms with Gasteiger partial charge in [-0.15, -0.1) is 0 Å². The fourth-order valence-corrected chi connectivity index (χ4v) is 2.49. The number of nitrogens with one attached hydrogen (secondary N) is 2. The van der Waals surface area contributed by atoms with Crippen molar-refractivity contribution in [1.29, 1.82) is 0 Å². The third-order valence-corrected chi connectivity index (χ3v) is 3.56. The Bertz CT molecular complexity index is 536. The van der Waals surface area contributed by atoms with Crippen LogP contribution in [0.4, 0.5) is 0 Å². The summed E-state index contributed by atoms with van der Waals surface area (Å²) < 4.78 is 5.52. The summed E-state index contributed by atoms with van der Waals surface area (Å²) in [7, 11) is 0. The zero-order valence-electron chi connectivity index (χ0n) is 11.1. The zero-order valence-corrected chi connectivity index (χ0v) is 11.1. The number of aromatic nitrogens is 2. The van der Waals surface area contributed by atoms with E-state index in [4.69, 9.17) is 4.74 Å². The van der Waals surface area contributed by atoms with Crippen molar-refractivity contribution in [3.63, 3.8) is 0 Å². The highest BCUT2D eigenvalue weighted by atomic mass is 16.5. The molecule has 1 atom stereocenters. The van der Waals surface area contributed by atoms with Crippen LogP contribution in [0.1, 0.15) is 36.3 Å². The van der Waals surface area contributed by atoms with Gasteiger partial charge in [-0.1, -0.05) is 19.1 Å². The van der Waals surface area contributed by atoms with E-state index in [1.54, 1.807) is 6.20 Å². The molecule has 1 unspecified atom stereocenters. The molecule has 2 aromatic rings. The Balaban J connectivity index is 1.65. The summed E-state index contributed by atoms with van der Waals surface area (Å²) in [4.78, 5) is 7.49. The number of imidazole rings is 1. The van der Waals surface area contributed by atoms with Gasteiger partial charge in [0.25, 0.3) is 0 Å². The van der Waals surface area contributed by atoms with Gasteiger partial charge in [0.1, 0.15) is 11.6 Å². The summed E-state index contributed by atoms with van der Waals surface area (Å²) in [5.74, 6) is 2.05. The van der Waals surface area contributed by atoms with Crippen LogP contribution in [0.3, 0.4) is 0 Å². The topological polar surface area (TPSA) is 49.9 Å². The molecule has 1 aromatic heterocycles. The van der Waals surface area contributed by atoms with Crippen LogP contribution in [-0.2, 0) is 13.0 Å². The Labute approximate surface area is 113 Å². The molecular weight excluding hydrogens is 238 g/mol. The maximum absolute atomic E-state index is 5.52. The van der Waals surface area contributed by atoms with Crippen molar-refractivity contribution < 1.29 is 4.74 Å². The highest BCUT2D eigenvalue weighted by Gasteiger charge is 2.14. The van der Waals surface area contributed by atoms with Gasteiger partial charge in [0.05, 0.1) is 12.6 Å². The predicted octanol–water partition coefficient (Wildman–Crippen LogP) is 2.59. The molecule has 4 nitrogen and oxygen atoms in total. The lowest BCUT2D eigenvalue weighted by atomic mass is 10.1. The van der Waals surface area contributed by atoms with Crippen LogP contribution in [0.15, 0.2) is 30.6 Å². The standard InChI is InChI=1S/C15H19N3O/c1-2-13(15-16-6-7-17-15)18-10-11-3-4-14-12(9-11)5-8-19-14/h3-4,6-7,9,13,18H,2,5,8,10H2,1H3,(H,16,17). The fraction of sp³-hybridized carbons (Fsp3) is 0.400. The smallest absolute Gasteiger partial charge is 0.123 e. The van der Waals surface area contributed by atoms with Gasteiger partial charge in [-0.25, -0.2) is 4.98 Å². The Hall–Kier alpha value is -1.81. The number of fused-ring (bicyclic) bond motifs is 1. The van der Waals surface area contributed by atoms with Gasteiger partial charge < -0.3 is 15.0 Å². The molecule has 19 heavy (non-hydrogen) atoms. The number of rotatable bonds is 5. The van der Waals surface area contributed by atoms with Gasteiger partial charge in [0, 0.05) is 25.4 Å². The first-order valence-electron chi connectivity index (χ1n) is 6.84. The van der Waals surface area contributed by atoms with E-state index in [-0.39, 0.29) is 6.04 Å². The quantitative estimate of drug-likeness (QED) is 0.865. The second kappa shape index (κ2) is 5.45. The van der Waals surface area contributed by atoms with Crippen LogP contribution >= 0.6 is 0 Å². The summed E-state index contributed by atoms with van der Waals surface area (Å²) in [6, 6.07) is 6.73. The molecule has 0 bridgehead atoms. The van der Waals surface area contributed by atoms with E-state index in [1.165, 1.54) is 11.1 Å². The molecule has 0 spiro atoms. The normalized spacial score (nSPS) is 15.0. The van der Waals surface area contributed by atoms with Crippen LogP contribution in [0.25, 0.3) is 0 Å². The molecule has 0 saturated carbocycles. The number of nitrogens with zero attached hydrogens (tertiary/aromatic N) is 1. The first kappa shape index (κ1) is 12.2. The second-order valence-corrected chi connectivity index (χ2v) is 4.86. The molecule has 2 heterocycles. The van der Waals surface area contributed by atoms with E-state index in [1.807, 2.05) is 6.20 Å². The van der Waals surface area contributed by atoms with Crippen LogP contribution in [0.5, 0.6) is 5.75 Å². The molecule has 3 rings (SSSR count). The van der Waals surface area contributed by atoms with Gasteiger partial charge in [-0.2, -0.15) is 0 Å². The minimum atomic E-state index is 0.277. The van der Waals surface area contributed by atoms with E-state index < -0.39 is 0 Å². The van der Waals surface area contributed by atoms with E-state index in [2.05, 4.69) is 40.4 Å². The van der Waals surface area contributed by atoms with Gasteiger partial charge in [0.2, 0.25) is 0 Å². The fourth-order valence-electron chi connectivity index (χ4n) is 2.49. The van der Waals surface area contributed by atoms with Crippen molar-refractivity contribution in [2.24, 2.45) is 0 Å². The lowest BCUT2D eigenvalue weighted by molar-refractivity contribution is 0.357. The lowest BCUT2D eigenvalue weighted by Crippen LogP contribution is -2.21. The first-order valence-corrected chi connectivity index (χ1v) is 6.84. The maximum Gasteiger partial charge on any atom is 0.123 e. The molecule has 0 radical (unpaired) electrons. The number of H-pyrrole nitrogens is 1. The number of hydrogen-bond acceptors (Lipinski definition) is 3. The molecule has 1 aliphatic heterocycles. The first-order chi connectivity index (χ1) is 9.36. The molecular formula is C15H19N3O. The molecule has 0 aliphatic carbocycles. The Morgan fingerprint density at radius 1 is 1.47 bits per heavy atom. The van der Waals surface area contributed by atoms with Crippen molar-refractivity contribution in [3.05, 3.63) is 47.5 Å². The SMILES string of the molecule is CCC(NCc1ccc2c(c1)CCO2)c1ncc[nH]1. The van der Waals surface area contributed by atoms with Crippen molar-refractivity contribution in [2.75, 3.05) is 6.61 Å². The molecule has 0 saturated heterocycles. The lowest BCUT2D eigenvalue weighted by Gasteiger charge is -2.15. The van der Waals surface area contributed by atoms with Crippen LogP contribution in [-0.4, -0.2) is 16.6 Å². The van der Waals surface area contributed by atoms with E-state index in [0.717, 1.165) is 37.6 Å². The molecule has 0 amide bonds. The minimum Gasteiger partial charge on any atom is -0.493 e. The van der Waals surface area contributed by atoms with Crippen LogP contribution < -0.4 is 10.1 Å². The van der Waals surface area contributed by atoms with Crippen LogP contribution in [0.2, 0.25) is 0 Å². The van der Waals surface area contributed by atoms with Crippen LogP contribution in [0, 0.1) is 0 Å². The predicted molar refractivity (Wildman–Crippen MR) is 74.1 cm³/mol. The maximum atomic E-state index is 5.52. The summed E-state index contributed by atoms with van der Waals surface area (Å²) >= 11 is 0. The summed E-state index contributed by atoms with van der Waals surface area (Å²) in [5.41, 5.74) is 2.62. The Morgan fingerprint density at radius 3 is 3.21 bits per heavy atom. The van der Waals surface area contributed by atoms with Gasteiger partial charge in [-0.3, -0.25) is 0 Å². The van der Waals surface area contributed by atoms with E-state index in [9.17, 15) is 0 Å². The largest absolute Gasteiger partial charge is 0.493 e. The van der Waals surface area contributed by atoms with E-state index in [0.29, 0.717) is 0 Å². The van der Waals surface area contributed by atoms with E-state index >= 15 is 0 Å². The monoisotopic (exact) mass is 257 g/mol. The van der Waals surface area contributed by atoms with Crippen molar-refractivity contribution in [2.45, 2.75) is 32.4 Å².